The highest BCUT2D eigenvalue weighted by Gasteiger charge is 1.96. The number of likely N-dealkylation sites (N-methyl/N-ethyl adjacent to an activating group) is 2. The fourth-order valence-corrected chi connectivity index (χ4v) is 1.04. The van der Waals surface area contributed by atoms with Gasteiger partial charge >= 0.3 is 0 Å². The molecule has 0 fully saturated rings. The lowest BCUT2D eigenvalue weighted by molar-refractivity contribution is 0.416. The van der Waals surface area contributed by atoms with Crippen molar-refractivity contribution in [2.75, 3.05) is 27.2 Å². The molecule has 84 valence electrons. The molecule has 0 saturated carbocycles. The van der Waals surface area contributed by atoms with Crippen LogP contribution in [0.25, 0.3) is 0 Å². The van der Waals surface area contributed by atoms with Crippen molar-refractivity contribution in [1.82, 2.24) is 10.2 Å². The van der Waals surface area contributed by atoms with Crippen molar-refractivity contribution in [2.45, 2.75) is 20.3 Å². The Hall–Kier alpha value is -1.27. The van der Waals surface area contributed by atoms with E-state index in [1.807, 2.05) is 26.1 Å². The summed E-state index contributed by atoms with van der Waals surface area (Å²) in [6, 6.07) is 2.17. The third kappa shape index (κ3) is 5.92. The maximum absolute atomic E-state index is 8.75. The van der Waals surface area contributed by atoms with Gasteiger partial charge in [0.2, 0.25) is 0 Å². The van der Waals surface area contributed by atoms with Crippen molar-refractivity contribution in [2.24, 2.45) is 0 Å². The van der Waals surface area contributed by atoms with E-state index < -0.39 is 0 Å². The van der Waals surface area contributed by atoms with E-state index in [1.54, 1.807) is 0 Å². The average molecular weight is 207 g/mol. The van der Waals surface area contributed by atoms with E-state index in [9.17, 15) is 0 Å². The highest BCUT2D eigenvalue weighted by Crippen LogP contribution is 2.03. The molecule has 0 aliphatic heterocycles. The van der Waals surface area contributed by atoms with Crippen LogP contribution in [0.5, 0.6) is 0 Å². The molecule has 0 spiro atoms. The summed E-state index contributed by atoms with van der Waals surface area (Å²) in [7, 11) is 3.99. The molecule has 0 rings (SSSR count). The highest BCUT2D eigenvalue weighted by atomic mass is 15.1. The third-order valence-corrected chi connectivity index (χ3v) is 2.35. The highest BCUT2D eigenvalue weighted by molar-refractivity contribution is 5.26. The molecule has 0 atom stereocenters. The van der Waals surface area contributed by atoms with Gasteiger partial charge in [-0.25, -0.2) is 0 Å². The van der Waals surface area contributed by atoms with Crippen molar-refractivity contribution >= 4 is 0 Å². The molecule has 0 aliphatic rings. The molecule has 1 N–H and O–H groups in total. The molecule has 3 nitrogen and oxygen atoms in total. The standard InChI is InChI=1S/C12H21N3/c1-5-12(10-13)7-6-11(2)15(4)9-8-14-3/h6-7,14H,5,8-9H2,1-4H3/b11-6+,12-7+. The Kier molecular flexibility index (Phi) is 7.39. The summed E-state index contributed by atoms with van der Waals surface area (Å²) in [5.74, 6) is 0. The monoisotopic (exact) mass is 207 g/mol. The van der Waals surface area contributed by atoms with Crippen LogP contribution in [0.15, 0.2) is 23.4 Å². The van der Waals surface area contributed by atoms with Crippen molar-refractivity contribution in [3.63, 3.8) is 0 Å². The lowest BCUT2D eigenvalue weighted by Gasteiger charge is -2.19. The first-order valence-electron chi connectivity index (χ1n) is 5.29. The van der Waals surface area contributed by atoms with Crippen LogP contribution in [0.1, 0.15) is 20.3 Å². The second kappa shape index (κ2) is 8.07. The Balaban J connectivity index is 4.30. The molecule has 0 amide bonds. The van der Waals surface area contributed by atoms with Crippen LogP contribution in [0.4, 0.5) is 0 Å². The summed E-state index contributed by atoms with van der Waals surface area (Å²) >= 11 is 0. The van der Waals surface area contributed by atoms with Crippen LogP contribution in [0, 0.1) is 11.3 Å². The minimum Gasteiger partial charge on any atom is -0.377 e. The Morgan fingerprint density at radius 1 is 1.47 bits per heavy atom. The lowest BCUT2D eigenvalue weighted by atomic mass is 10.2. The molecule has 0 unspecified atom stereocenters. The van der Waals surface area contributed by atoms with Crippen molar-refractivity contribution in [3.05, 3.63) is 23.4 Å². The fourth-order valence-electron chi connectivity index (χ4n) is 1.04. The number of hydrogen-bond acceptors (Lipinski definition) is 3. The topological polar surface area (TPSA) is 39.1 Å². The second-order valence-electron chi connectivity index (χ2n) is 3.49. The van der Waals surface area contributed by atoms with Crippen LogP contribution in [0.3, 0.4) is 0 Å². The number of nitriles is 1. The minimum absolute atomic E-state index is 0.792. The van der Waals surface area contributed by atoms with Gasteiger partial charge in [0.05, 0.1) is 6.07 Å². The maximum atomic E-state index is 8.75. The van der Waals surface area contributed by atoms with Crippen LogP contribution >= 0.6 is 0 Å². The molecule has 15 heavy (non-hydrogen) atoms. The summed E-state index contributed by atoms with van der Waals surface area (Å²) in [6.07, 6.45) is 4.68. The molecule has 3 heteroatoms. The third-order valence-electron chi connectivity index (χ3n) is 2.35. The van der Waals surface area contributed by atoms with Gasteiger partial charge in [-0.05, 0) is 32.5 Å². The molecule has 0 radical (unpaired) electrons. The summed E-state index contributed by atoms with van der Waals surface area (Å²) < 4.78 is 0. The fraction of sp³-hybridized carbons (Fsp3) is 0.583. The zero-order chi connectivity index (χ0) is 11.7. The Labute approximate surface area is 93.1 Å². The van der Waals surface area contributed by atoms with E-state index in [0.29, 0.717) is 0 Å². The average Bonchev–Trinajstić information content (AvgIpc) is 2.26. The summed E-state index contributed by atoms with van der Waals surface area (Å²) in [4.78, 5) is 2.16. The van der Waals surface area contributed by atoms with Gasteiger partial charge in [0, 0.05) is 31.4 Å². The van der Waals surface area contributed by atoms with Crippen LogP contribution in [-0.2, 0) is 0 Å². The quantitative estimate of drug-likeness (QED) is 0.534. The molecule has 0 heterocycles. The van der Waals surface area contributed by atoms with E-state index in [4.69, 9.17) is 5.26 Å². The number of nitrogens with zero attached hydrogens (tertiary/aromatic N) is 2. The molecular weight excluding hydrogens is 186 g/mol. The van der Waals surface area contributed by atoms with E-state index in [2.05, 4.69) is 30.3 Å². The number of rotatable bonds is 6. The minimum atomic E-state index is 0.792. The Morgan fingerprint density at radius 3 is 2.60 bits per heavy atom. The predicted molar refractivity (Wildman–Crippen MR) is 64.3 cm³/mol. The number of hydrogen-bond donors (Lipinski definition) is 1. The number of nitrogens with one attached hydrogen (secondary N) is 1. The maximum Gasteiger partial charge on any atom is 0.0946 e. The van der Waals surface area contributed by atoms with Gasteiger partial charge in [-0.3, -0.25) is 0 Å². The van der Waals surface area contributed by atoms with E-state index in [-0.39, 0.29) is 0 Å². The van der Waals surface area contributed by atoms with E-state index in [0.717, 1.165) is 25.1 Å². The lowest BCUT2D eigenvalue weighted by Crippen LogP contribution is -2.25. The summed E-state index contributed by atoms with van der Waals surface area (Å²) in [5, 5.41) is 11.9. The van der Waals surface area contributed by atoms with Gasteiger partial charge in [0.25, 0.3) is 0 Å². The summed E-state index contributed by atoms with van der Waals surface area (Å²) in [6.45, 7) is 5.98. The van der Waals surface area contributed by atoms with Crippen molar-refractivity contribution < 1.29 is 0 Å². The molecule has 0 aromatic carbocycles. The van der Waals surface area contributed by atoms with Gasteiger partial charge in [0.15, 0.2) is 0 Å². The van der Waals surface area contributed by atoms with E-state index >= 15 is 0 Å². The van der Waals surface area contributed by atoms with Gasteiger partial charge < -0.3 is 10.2 Å². The van der Waals surface area contributed by atoms with Crippen LogP contribution in [-0.4, -0.2) is 32.1 Å². The molecule has 0 aromatic heterocycles. The first-order chi connectivity index (χ1) is 7.15. The molecule has 0 bridgehead atoms. The van der Waals surface area contributed by atoms with E-state index in [1.165, 1.54) is 5.70 Å². The molecule has 0 aliphatic carbocycles. The SMILES string of the molecule is CC/C(C#N)=C\C=C(/C)N(C)CCNC. The molecular formula is C12H21N3. The zero-order valence-corrected chi connectivity index (χ0v) is 10.2. The largest absolute Gasteiger partial charge is 0.377 e. The second-order valence-corrected chi connectivity index (χ2v) is 3.49. The smallest absolute Gasteiger partial charge is 0.0946 e. The van der Waals surface area contributed by atoms with Crippen LogP contribution < -0.4 is 5.32 Å². The predicted octanol–water partition coefficient (Wildman–Crippen LogP) is 1.90. The van der Waals surface area contributed by atoms with Crippen molar-refractivity contribution in [1.29, 1.82) is 5.26 Å². The van der Waals surface area contributed by atoms with Gasteiger partial charge in [0.1, 0.15) is 0 Å². The zero-order valence-electron chi connectivity index (χ0n) is 10.2. The normalized spacial score (nSPS) is 12.5. The van der Waals surface area contributed by atoms with Crippen molar-refractivity contribution in [3.8, 4) is 6.07 Å². The van der Waals surface area contributed by atoms with Crippen LogP contribution in [0.2, 0.25) is 0 Å². The van der Waals surface area contributed by atoms with Gasteiger partial charge in [-0.2, -0.15) is 5.26 Å². The first kappa shape index (κ1) is 13.7. The van der Waals surface area contributed by atoms with Gasteiger partial charge in [-0.1, -0.05) is 6.92 Å². The first-order valence-corrected chi connectivity index (χ1v) is 5.29. The van der Waals surface area contributed by atoms with Gasteiger partial charge in [-0.15, -0.1) is 0 Å². The Morgan fingerprint density at radius 2 is 2.13 bits per heavy atom. The molecule has 0 saturated heterocycles. The Bertz CT molecular complexity index is 271. The molecule has 0 aromatic rings. The summed E-state index contributed by atoms with van der Waals surface area (Å²) in [5.41, 5.74) is 1.99. The number of allylic oxidation sites excluding steroid dienone is 4.